The minimum Gasteiger partial charge on any atom is -0.505 e. The number of aryl methyl sites for hydroxylation is 1. The van der Waals surface area contributed by atoms with Crippen LogP contribution >= 0.6 is 11.6 Å². The zero-order valence-electron chi connectivity index (χ0n) is 15.9. The number of carbonyl (C=O) groups is 2. The van der Waals surface area contributed by atoms with Crippen LogP contribution in [0.4, 0.5) is 0 Å². The predicted octanol–water partition coefficient (Wildman–Crippen LogP) is 4.18. The summed E-state index contributed by atoms with van der Waals surface area (Å²) in [6.45, 7) is 6.17. The fourth-order valence-electron chi connectivity index (χ4n) is 2.07. The Morgan fingerprint density at radius 2 is 1.83 bits per heavy atom. The molecule has 0 unspecified atom stereocenters. The molecule has 2 rings (SSSR count). The summed E-state index contributed by atoms with van der Waals surface area (Å²) in [7, 11) is 0. The summed E-state index contributed by atoms with van der Waals surface area (Å²) in [5.74, 6) is -1.66. The number of nitrogens with one attached hydrogen (secondary N) is 1. The second-order valence-electron chi connectivity index (χ2n) is 5.62. The van der Waals surface area contributed by atoms with Gasteiger partial charge in [-0.2, -0.15) is 0 Å². The molecule has 8 nitrogen and oxygen atoms in total. The maximum Gasteiger partial charge on any atom is 0.335 e. The van der Waals surface area contributed by atoms with E-state index in [9.17, 15) is 14.7 Å². The summed E-state index contributed by atoms with van der Waals surface area (Å²) < 4.78 is 5.13. The highest BCUT2D eigenvalue weighted by Gasteiger charge is 2.15. The second kappa shape index (κ2) is 11.5. The first-order valence-corrected chi connectivity index (χ1v) is 8.76. The van der Waals surface area contributed by atoms with Crippen LogP contribution in [0.3, 0.4) is 0 Å². The molecule has 0 aromatic heterocycles. The highest BCUT2D eigenvalue weighted by atomic mass is 35.5. The van der Waals surface area contributed by atoms with Gasteiger partial charge in [0.15, 0.2) is 12.4 Å². The Bertz CT molecular complexity index is 897. The molecule has 29 heavy (non-hydrogen) atoms. The molecule has 0 fully saturated rings. The summed E-state index contributed by atoms with van der Waals surface area (Å²) in [5, 5.41) is 28.4. The van der Waals surface area contributed by atoms with E-state index in [1.807, 2.05) is 19.1 Å². The van der Waals surface area contributed by atoms with Gasteiger partial charge >= 0.3 is 5.97 Å². The largest absolute Gasteiger partial charge is 0.505 e. The third-order valence-corrected chi connectivity index (χ3v) is 3.97. The Labute approximate surface area is 172 Å². The SMILES string of the molecule is C=NOC(=N)COc1ccc(C(C)=O)c(O)c1Cl.CCc1ccc(C(=O)O)cc1. The number of ether oxygens (including phenoxy) is 1. The number of carbonyl (C=O) groups excluding carboxylic acids is 1. The molecule has 0 bridgehead atoms. The standard InChI is InChI=1S/C11H11ClN2O4.C9H10O2/c1-6(15)7-3-4-8(10(12)11(7)16)17-5-9(13)18-14-2;1-2-7-3-5-8(6-4-7)9(10)11/h3-4,13,16H,2,5H2,1H3;3-6H,2H2,1H3,(H,10,11). The number of aromatic hydroxyl groups is 1. The summed E-state index contributed by atoms with van der Waals surface area (Å²) >= 11 is 5.83. The molecule has 3 N–H and O–H groups in total. The van der Waals surface area contributed by atoms with Crippen LogP contribution in [0.5, 0.6) is 11.5 Å². The van der Waals surface area contributed by atoms with E-state index < -0.39 is 5.97 Å². The number of carboxylic acids is 1. The Morgan fingerprint density at radius 3 is 2.31 bits per heavy atom. The van der Waals surface area contributed by atoms with E-state index in [1.54, 1.807) is 12.1 Å². The fourth-order valence-corrected chi connectivity index (χ4v) is 2.29. The quantitative estimate of drug-likeness (QED) is 0.266. The minimum atomic E-state index is -0.868. The highest BCUT2D eigenvalue weighted by molar-refractivity contribution is 6.34. The van der Waals surface area contributed by atoms with Crippen LogP contribution in [0.2, 0.25) is 5.02 Å². The van der Waals surface area contributed by atoms with Gasteiger partial charge in [-0.15, -0.1) is 0 Å². The van der Waals surface area contributed by atoms with Crippen molar-refractivity contribution < 1.29 is 29.4 Å². The molecule has 0 aliphatic rings. The van der Waals surface area contributed by atoms with Crippen molar-refractivity contribution in [3.8, 4) is 11.5 Å². The second-order valence-corrected chi connectivity index (χ2v) is 6.00. The maximum atomic E-state index is 11.1. The molecule has 0 radical (unpaired) electrons. The van der Waals surface area contributed by atoms with Gasteiger partial charge in [0.2, 0.25) is 0 Å². The number of benzene rings is 2. The Balaban J connectivity index is 0.000000326. The van der Waals surface area contributed by atoms with E-state index in [0.29, 0.717) is 5.56 Å². The van der Waals surface area contributed by atoms with Gasteiger partial charge < -0.3 is 19.8 Å². The van der Waals surface area contributed by atoms with Gasteiger partial charge in [0.05, 0.1) is 11.1 Å². The molecular formula is C20H21ClN2O6. The Morgan fingerprint density at radius 1 is 1.21 bits per heavy atom. The van der Waals surface area contributed by atoms with Gasteiger partial charge in [0, 0.05) is 6.72 Å². The van der Waals surface area contributed by atoms with Crippen LogP contribution in [-0.2, 0) is 11.3 Å². The van der Waals surface area contributed by atoms with E-state index in [4.69, 9.17) is 26.9 Å². The van der Waals surface area contributed by atoms with Gasteiger partial charge in [-0.1, -0.05) is 35.8 Å². The van der Waals surface area contributed by atoms with E-state index in [1.165, 1.54) is 19.1 Å². The van der Waals surface area contributed by atoms with Crippen LogP contribution < -0.4 is 4.74 Å². The Kier molecular flexibility index (Phi) is 9.34. The van der Waals surface area contributed by atoms with E-state index in [-0.39, 0.29) is 40.4 Å². The number of nitrogens with zero attached hydrogens (tertiary/aromatic N) is 1. The number of hydrogen-bond acceptors (Lipinski definition) is 7. The summed E-state index contributed by atoms with van der Waals surface area (Å²) in [6.07, 6.45) is 0.944. The van der Waals surface area contributed by atoms with Crippen LogP contribution in [-0.4, -0.2) is 41.2 Å². The average molecular weight is 421 g/mol. The first-order chi connectivity index (χ1) is 13.7. The lowest BCUT2D eigenvalue weighted by Gasteiger charge is -2.10. The van der Waals surface area contributed by atoms with Crippen molar-refractivity contribution >= 4 is 36.0 Å². The summed E-state index contributed by atoms with van der Waals surface area (Å²) in [5.41, 5.74) is 1.61. The van der Waals surface area contributed by atoms with Gasteiger partial charge in [0.25, 0.3) is 5.90 Å². The number of halogens is 1. The van der Waals surface area contributed by atoms with Crippen LogP contribution in [0.1, 0.15) is 40.1 Å². The number of rotatable bonds is 7. The number of phenolic OH excluding ortho intramolecular Hbond substituents is 1. The number of oxime groups is 1. The number of Topliss-reactive ketones (excluding diaryl/α,β-unsaturated/α-hetero) is 1. The minimum absolute atomic E-state index is 0.0953. The molecule has 0 aliphatic heterocycles. The van der Waals surface area contributed by atoms with Crippen molar-refractivity contribution in [3.63, 3.8) is 0 Å². The normalized spacial score (nSPS) is 9.62. The monoisotopic (exact) mass is 420 g/mol. The third kappa shape index (κ3) is 7.27. The molecule has 154 valence electrons. The number of phenols is 1. The van der Waals surface area contributed by atoms with Gasteiger partial charge in [-0.05, 0) is 43.2 Å². The zero-order valence-corrected chi connectivity index (χ0v) is 16.7. The van der Waals surface area contributed by atoms with E-state index in [0.717, 1.165) is 12.0 Å². The van der Waals surface area contributed by atoms with Crippen molar-refractivity contribution in [1.29, 1.82) is 5.41 Å². The summed E-state index contributed by atoms with van der Waals surface area (Å²) in [4.78, 5) is 26.0. The molecule has 0 heterocycles. The van der Waals surface area contributed by atoms with Crippen molar-refractivity contribution in [3.05, 3.63) is 58.1 Å². The predicted molar refractivity (Wildman–Crippen MR) is 110 cm³/mol. The van der Waals surface area contributed by atoms with Crippen molar-refractivity contribution in [2.24, 2.45) is 5.16 Å². The van der Waals surface area contributed by atoms with Crippen molar-refractivity contribution in [2.75, 3.05) is 6.61 Å². The number of carboxylic acid groups (broad SMARTS) is 1. The molecule has 0 atom stereocenters. The average Bonchev–Trinajstić information content (AvgIpc) is 2.69. The summed E-state index contributed by atoms with van der Waals surface area (Å²) in [6, 6.07) is 9.73. The van der Waals surface area contributed by atoms with Crippen LogP contribution in [0.15, 0.2) is 41.6 Å². The smallest absolute Gasteiger partial charge is 0.335 e. The van der Waals surface area contributed by atoms with Gasteiger partial charge in [-0.3, -0.25) is 10.2 Å². The lowest BCUT2D eigenvalue weighted by atomic mass is 10.1. The number of hydrogen-bond donors (Lipinski definition) is 3. The van der Waals surface area contributed by atoms with Crippen molar-refractivity contribution in [2.45, 2.75) is 20.3 Å². The molecule has 0 saturated carbocycles. The molecule has 2 aromatic carbocycles. The molecule has 2 aromatic rings. The third-order valence-electron chi connectivity index (χ3n) is 3.60. The van der Waals surface area contributed by atoms with E-state index >= 15 is 0 Å². The van der Waals surface area contributed by atoms with Gasteiger partial charge in [-0.25, -0.2) is 4.79 Å². The number of ketones is 1. The Hall–Kier alpha value is -3.39. The molecular weight excluding hydrogens is 400 g/mol. The molecule has 0 aliphatic carbocycles. The van der Waals surface area contributed by atoms with Crippen LogP contribution in [0, 0.1) is 5.41 Å². The van der Waals surface area contributed by atoms with Crippen molar-refractivity contribution in [1.82, 2.24) is 0 Å². The molecule has 0 spiro atoms. The molecule has 0 saturated heterocycles. The molecule has 0 amide bonds. The number of aromatic carboxylic acids is 1. The zero-order chi connectivity index (χ0) is 22.0. The lowest BCUT2D eigenvalue weighted by molar-refractivity contribution is 0.0696. The highest BCUT2D eigenvalue weighted by Crippen LogP contribution is 2.36. The van der Waals surface area contributed by atoms with Crippen LogP contribution in [0.25, 0.3) is 0 Å². The van der Waals surface area contributed by atoms with E-state index in [2.05, 4.69) is 16.7 Å². The van der Waals surface area contributed by atoms with Gasteiger partial charge in [0.1, 0.15) is 16.5 Å². The molecule has 9 heteroatoms. The lowest BCUT2D eigenvalue weighted by Crippen LogP contribution is -2.11. The fraction of sp³-hybridized carbons (Fsp3) is 0.200. The first kappa shape index (κ1) is 23.6. The maximum absolute atomic E-state index is 11.1. The first-order valence-electron chi connectivity index (χ1n) is 8.39. The topological polar surface area (TPSA) is 129 Å².